The molecule has 0 spiro atoms. The molecule has 2 nitrogen and oxygen atoms in total. The minimum atomic E-state index is -0.226. The fourth-order valence-electron chi connectivity index (χ4n) is 1.16. The number of hydrogen-bond acceptors (Lipinski definition) is 1. The maximum absolute atomic E-state index is 13.3. The molecule has 16 heavy (non-hydrogen) atoms. The standard InChI is InChI=1S/C12H17FN2S/c1-4-9(3)14-12(16)15-10-6-5-8(2)11(13)7-10/h5-7,9H,4H2,1-3H3,(H2,14,15,16)/t9-/m0/s1. The molecule has 0 aromatic heterocycles. The van der Waals surface area contributed by atoms with E-state index in [9.17, 15) is 4.39 Å². The molecular formula is C12H17FN2S. The first-order valence-electron chi connectivity index (χ1n) is 5.36. The summed E-state index contributed by atoms with van der Waals surface area (Å²) >= 11 is 5.11. The lowest BCUT2D eigenvalue weighted by Gasteiger charge is -2.15. The number of halogens is 1. The Balaban J connectivity index is 2.59. The van der Waals surface area contributed by atoms with Crippen LogP contribution in [0.5, 0.6) is 0 Å². The molecule has 0 fully saturated rings. The Morgan fingerprint density at radius 1 is 1.50 bits per heavy atom. The summed E-state index contributed by atoms with van der Waals surface area (Å²) in [4.78, 5) is 0. The van der Waals surface area contributed by atoms with Gasteiger partial charge in [0.05, 0.1) is 0 Å². The summed E-state index contributed by atoms with van der Waals surface area (Å²) in [5.74, 6) is -0.226. The van der Waals surface area contributed by atoms with Crippen molar-refractivity contribution in [2.45, 2.75) is 33.2 Å². The maximum Gasteiger partial charge on any atom is 0.170 e. The summed E-state index contributed by atoms with van der Waals surface area (Å²) < 4.78 is 13.3. The highest BCUT2D eigenvalue weighted by molar-refractivity contribution is 7.80. The van der Waals surface area contributed by atoms with Crippen LogP contribution in [-0.4, -0.2) is 11.2 Å². The molecule has 88 valence electrons. The molecule has 0 unspecified atom stereocenters. The third kappa shape index (κ3) is 3.77. The molecule has 1 aromatic carbocycles. The second-order valence-electron chi connectivity index (χ2n) is 3.87. The SMILES string of the molecule is CC[C@H](C)NC(=S)Nc1ccc(C)c(F)c1. The van der Waals surface area contributed by atoms with Crippen LogP contribution >= 0.6 is 12.2 Å². The van der Waals surface area contributed by atoms with Crippen molar-refractivity contribution in [2.24, 2.45) is 0 Å². The molecule has 0 aliphatic carbocycles. The number of thiocarbonyl (C=S) groups is 1. The van der Waals surface area contributed by atoms with E-state index in [0.717, 1.165) is 6.42 Å². The van der Waals surface area contributed by atoms with E-state index < -0.39 is 0 Å². The maximum atomic E-state index is 13.3. The van der Waals surface area contributed by atoms with Crippen molar-refractivity contribution in [2.75, 3.05) is 5.32 Å². The van der Waals surface area contributed by atoms with E-state index in [-0.39, 0.29) is 5.82 Å². The van der Waals surface area contributed by atoms with Crippen molar-refractivity contribution in [1.29, 1.82) is 0 Å². The first kappa shape index (κ1) is 12.9. The summed E-state index contributed by atoms with van der Waals surface area (Å²) in [6.07, 6.45) is 0.990. The Morgan fingerprint density at radius 2 is 2.19 bits per heavy atom. The van der Waals surface area contributed by atoms with Crippen LogP contribution in [0.15, 0.2) is 18.2 Å². The van der Waals surface area contributed by atoms with E-state index in [0.29, 0.717) is 22.4 Å². The highest BCUT2D eigenvalue weighted by Crippen LogP contribution is 2.13. The monoisotopic (exact) mass is 240 g/mol. The number of nitrogens with one attached hydrogen (secondary N) is 2. The van der Waals surface area contributed by atoms with Crippen LogP contribution in [0, 0.1) is 12.7 Å². The van der Waals surface area contributed by atoms with Crippen LogP contribution < -0.4 is 10.6 Å². The normalized spacial score (nSPS) is 12.0. The number of benzene rings is 1. The van der Waals surface area contributed by atoms with Gasteiger partial charge < -0.3 is 10.6 Å². The Morgan fingerprint density at radius 3 is 2.75 bits per heavy atom. The quantitative estimate of drug-likeness (QED) is 0.793. The fourth-order valence-corrected chi connectivity index (χ4v) is 1.48. The van der Waals surface area contributed by atoms with E-state index in [4.69, 9.17) is 12.2 Å². The Kier molecular flexibility index (Phi) is 4.68. The van der Waals surface area contributed by atoms with Gasteiger partial charge in [-0.05, 0) is 50.2 Å². The zero-order valence-electron chi connectivity index (χ0n) is 9.80. The number of aryl methyl sites for hydroxylation is 1. The van der Waals surface area contributed by atoms with Crippen LogP contribution in [0.2, 0.25) is 0 Å². The molecule has 0 aliphatic heterocycles. The average molecular weight is 240 g/mol. The first-order valence-corrected chi connectivity index (χ1v) is 5.77. The Labute approximate surface area is 101 Å². The smallest absolute Gasteiger partial charge is 0.170 e. The molecular weight excluding hydrogens is 223 g/mol. The molecule has 0 radical (unpaired) electrons. The van der Waals surface area contributed by atoms with Crippen LogP contribution in [0.25, 0.3) is 0 Å². The van der Waals surface area contributed by atoms with E-state index in [1.807, 2.05) is 13.0 Å². The zero-order chi connectivity index (χ0) is 12.1. The van der Waals surface area contributed by atoms with Gasteiger partial charge in [0.25, 0.3) is 0 Å². The molecule has 0 amide bonds. The van der Waals surface area contributed by atoms with Gasteiger partial charge in [0.15, 0.2) is 5.11 Å². The van der Waals surface area contributed by atoms with Crippen molar-refractivity contribution in [3.63, 3.8) is 0 Å². The van der Waals surface area contributed by atoms with Gasteiger partial charge in [-0.15, -0.1) is 0 Å². The highest BCUT2D eigenvalue weighted by Gasteiger charge is 2.03. The number of rotatable bonds is 3. The van der Waals surface area contributed by atoms with Crippen molar-refractivity contribution in [1.82, 2.24) is 5.32 Å². The third-order valence-corrected chi connectivity index (χ3v) is 2.64. The van der Waals surface area contributed by atoms with Gasteiger partial charge in [-0.2, -0.15) is 0 Å². The van der Waals surface area contributed by atoms with E-state index in [1.165, 1.54) is 6.07 Å². The minimum Gasteiger partial charge on any atom is -0.360 e. The molecule has 0 saturated heterocycles. The van der Waals surface area contributed by atoms with Gasteiger partial charge in [-0.1, -0.05) is 13.0 Å². The minimum absolute atomic E-state index is 0.226. The lowest BCUT2D eigenvalue weighted by Crippen LogP contribution is -2.35. The largest absolute Gasteiger partial charge is 0.360 e. The molecule has 4 heteroatoms. The van der Waals surface area contributed by atoms with Gasteiger partial charge in [0, 0.05) is 11.7 Å². The molecule has 0 aliphatic rings. The topological polar surface area (TPSA) is 24.1 Å². The molecule has 0 bridgehead atoms. The van der Waals surface area contributed by atoms with Crippen molar-refractivity contribution in [3.8, 4) is 0 Å². The van der Waals surface area contributed by atoms with Crippen LogP contribution in [-0.2, 0) is 0 Å². The Hall–Kier alpha value is -1.16. The van der Waals surface area contributed by atoms with Gasteiger partial charge in [-0.25, -0.2) is 4.39 Å². The molecule has 0 saturated carbocycles. The summed E-state index contributed by atoms with van der Waals surface area (Å²) in [5.41, 5.74) is 1.30. The van der Waals surface area contributed by atoms with Crippen molar-refractivity contribution < 1.29 is 4.39 Å². The summed E-state index contributed by atoms with van der Waals surface area (Å²) in [6, 6.07) is 5.29. The predicted molar refractivity (Wildman–Crippen MR) is 70.2 cm³/mol. The molecule has 1 rings (SSSR count). The van der Waals surface area contributed by atoms with Crippen LogP contribution in [0.1, 0.15) is 25.8 Å². The Bertz CT molecular complexity index is 379. The lowest BCUT2D eigenvalue weighted by molar-refractivity contribution is 0.619. The van der Waals surface area contributed by atoms with Crippen LogP contribution in [0.3, 0.4) is 0 Å². The van der Waals surface area contributed by atoms with Gasteiger partial charge in [-0.3, -0.25) is 0 Å². The second kappa shape index (κ2) is 5.80. The molecule has 1 atom stereocenters. The summed E-state index contributed by atoms with van der Waals surface area (Å²) in [7, 11) is 0. The van der Waals surface area contributed by atoms with Gasteiger partial charge in [0.2, 0.25) is 0 Å². The van der Waals surface area contributed by atoms with E-state index >= 15 is 0 Å². The lowest BCUT2D eigenvalue weighted by atomic mass is 10.2. The van der Waals surface area contributed by atoms with Crippen molar-refractivity contribution in [3.05, 3.63) is 29.6 Å². The fraction of sp³-hybridized carbons (Fsp3) is 0.417. The summed E-state index contributed by atoms with van der Waals surface area (Å²) in [5, 5.41) is 6.59. The highest BCUT2D eigenvalue weighted by atomic mass is 32.1. The summed E-state index contributed by atoms with van der Waals surface area (Å²) in [6.45, 7) is 5.85. The number of hydrogen-bond donors (Lipinski definition) is 2. The van der Waals surface area contributed by atoms with E-state index in [1.54, 1.807) is 13.0 Å². The van der Waals surface area contributed by atoms with Crippen molar-refractivity contribution >= 4 is 23.0 Å². The molecule has 2 N–H and O–H groups in total. The van der Waals surface area contributed by atoms with Crippen LogP contribution in [0.4, 0.5) is 10.1 Å². The zero-order valence-corrected chi connectivity index (χ0v) is 10.6. The molecule has 1 aromatic rings. The van der Waals surface area contributed by atoms with Gasteiger partial charge >= 0.3 is 0 Å². The van der Waals surface area contributed by atoms with Gasteiger partial charge in [0.1, 0.15) is 5.82 Å². The van der Waals surface area contributed by atoms with E-state index in [2.05, 4.69) is 17.6 Å². The predicted octanol–water partition coefficient (Wildman–Crippen LogP) is 3.22. The third-order valence-electron chi connectivity index (χ3n) is 2.42. The first-order chi connectivity index (χ1) is 7.52. The second-order valence-corrected chi connectivity index (χ2v) is 4.28. The molecule has 0 heterocycles. The number of anilines is 1. The average Bonchev–Trinajstić information content (AvgIpc) is 2.23.